The van der Waals surface area contributed by atoms with Crippen LogP contribution in [-0.2, 0) is 13.1 Å². The number of aromatic nitrogens is 2. The number of halogens is 3. The van der Waals surface area contributed by atoms with Crippen molar-refractivity contribution >= 4 is 0 Å². The van der Waals surface area contributed by atoms with Crippen molar-refractivity contribution in [2.45, 2.75) is 26.6 Å². The van der Waals surface area contributed by atoms with E-state index in [0.717, 1.165) is 5.56 Å². The van der Waals surface area contributed by atoms with Gasteiger partial charge in [-0.05, 0) is 36.4 Å². The molecule has 0 bridgehead atoms. The molecule has 0 aliphatic carbocycles. The van der Waals surface area contributed by atoms with E-state index >= 15 is 0 Å². The Morgan fingerprint density at radius 2 is 1.93 bits per heavy atom. The molecule has 142 valence electrons. The standard InChI is InChI=1S/C19H18F3N3O2/c1-2-25(11-13-6-5-7-14(20)10-13)12-17-23-18(24-27-17)15-8-3-4-9-16(15)26-19(21)22/h3-10,19H,2,11-12H2,1H3. The van der Waals surface area contributed by atoms with E-state index < -0.39 is 6.61 Å². The predicted octanol–water partition coefficient (Wildman–Crippen LogP) is 4.50. The highest BCUT2D eigenvalue weighted by atomic mass is 19.3. The predicted molar refractivity (Wildman–Crippen MR) is 92.6 cm³/mol. The SMILES string of the molecule is CCN(Cc1cccc(F)c1)Cc1nc(-c2ccccc2OC(F)F)no1. The van der Waals surface area contributed by atoms with Gasteiger partial charge in [-0.3, -0.25) is 4.90 Å². The molecule has 0 aliphatic heterocycles. The summed E-state index contributed by atoms with van der Waals surface area (Å²) in [5, 5.41) is 3.87. The quantitative estimate of drug-likeness (QED) is 0.579. The van der Waals surface area contributed by atoms with E-state index in [9.17, 15) is 13.2 Å². The molecule has 0 amide bonds. The highest BCUT2D eigenvalue weighted by Gasteiger charge is 2.17. The maximum Gasteiger partial charge on any atom is 0.387 e. The zero-order valence-electron chi connectivity index (χ0n) is 14.6. The van der Waals surface area contributed by atoms with Crippen molar-refractivity contribution < 1.29 is 22.4 Å². The molecule has 0 unspecified atom stereocenters. The number of benzene rings is 2. The molecule has 27 heavy (non-hydrogen) atoms. The molecule has 5 nitrogen and oxygen atoms in total. The van der Waals surface area contributed by atoms with Crippen LogP contribution in [0.5, 0.6) is 5.75 Å². The number of hydrogen-bond acceptors (Lipinski definition) is 5. The third-order valence-electron chi connectivity index (χ3n) is 3.91. The average molecular weight is 377 g/mol. The van der Waals surface area contributed by atoms with E-state index in [4.69, 9.17) is 4.52 Å². The Bertz CT molecular complexity index is 886. The lowest BCUT2D eigenvalue weighted by Crippen LogP contribution is -2.22. The first-order valence-electron chi connectivity index (χ1n) is 8.38. The van der Waals surface area contributed by atoms with Crippen molar-refractivity contribution in [1.29, 1.82) is 0 Å². The summed E-state index contributed by atoms with van der Waals surface area (Å²) in [5.74, 6) is 0.185. The molecule has 0 N–H and O–H groups in total. The Morgan fingerprint density at radius 1 is 1.11 bits per heavy atom. The van der Waals surface area contributed by atoms with Crippen molar-refractivity contribution in [3.05, 3.63) is 65.8 Å². The van der Waals surface area contributed by atoms with E-state index in [1.807, 2.05) is 17.9 Å². The average Bonchev–Trinajstić information content (AvgIpc) is 3.09. The molecule has 8 heteroatoms. The largest absolute Gasteiger partial charge is 0.434 e. The molecule has 0 spiro atoms. The zero-order valence-corrected chi connectivity index (χ0v) is 14.6. The van der Waals surface area contributed by atoms with E-state index in [0.29, 0.717) is 31.1 Å². The smallest absolute Gasteiger partial charge is 0.387 e. The Kier molecular flexibility index (Phi) is 6.08. The Hall–Kier alpha value is -2.87. The van der Waals surface area contributed by atoms with Gasteiger partial charge in [0.2, 0.25) is 11.7 Å². The number of hydrogen-bond donors (Lipinski definition) is 0. The fourth-order valence-electron chi connectivity index (χ4n) is 2.64. The summed E-state index contributed by atoms with van der Waals surface area (Å²) >= 11 is 0. The van der Waals surface area contributed by atoms with Gasteiger partial charge in [0.25, 0.3) is 0 Å². The molecule has 3 rings (SSSR count). The van der Waals surface area contributed by atoms with E-state index in [-0.39, 0.29) is 17.4 Å². The van der Waals surface area contributed by atoms with E-state index in [2.05, 4.69) is 14.9 Å². The molecule has 0 fully saturated rings. The van der Waals surface area contributed by atoms with E-state index in [1.54, 1.807) is 24.3 Å². The second kappa shape index (κ2) is 8.68. The van der Waals surface area contributed by atoms with Crippen LogP contribution in [0.1, 0.15) is 18.4 Å². The van der Waals surface area contributed by atoms with Crippen molar-refractivity contribution in [2.24, 2.45) is 0 Å². The number of ether oxygens (including phenoxy) is 1. The van der Waals surface area contributed by atoms with Gasteiger partial charge < -0.3 is 9.26 Å². The lowest BCUT2D eigenvalue weighted by Gasteiger charge is -2.18. The topological polar surface area (TPSA) is 51.4 Å². The molecular weight excluding hydrogens is 359 g/mol. The van der Waals surface area contributed by atoms with Crippen LogP contribution in [0.25, 0.3) is 11.4 Å². The van der Waals surface area contributed by atoms with Crippen LogP contribution in [0, 0.1) is 5.82 Å². The summed E-state index contributed by atoms with van der Waals surface area (Å²) in [6, 6.07) is 12.6. The fourth-order valence-corrected chi connectivity index (χ4v) is 2.64. The second-order valence-electron chi connectivity index (χ2n) is 5.82. The molecule has 3 aromatic rings. The van der Waals surface area contributed by atoms with E-state index in [1.165, 1.54) is 18.2 Å². The molecule has 1 heterocycles. The Balaban J connectivity index is 1.73. The number of para-hydroxylation sites is 1. The highest BCUT2D eigenvalue weighted by Crippen LogP contribution is 2.29. The number of nitrogens with zero attached hydrogens (tertiary/aromatic N) is 3. The highest BCUT2D eigenvalue weighted by molar-refractivity contribution is 5.63. The minimum Gasteiger partial charge on any atom is -0.434 e. The Labute approximate surface area is 154 Å². The normalized spacial score (nSPS) is 11.3. The lowest BCUT2D eigenvalue weighted by atomic mass is 10.2. The van der Waals surface area contributed by atoms with Gasteiger partial charge in [-0.2, -0.15) is 13.8 Å². The molecule has 2 aromatic carbocycles. The monoisotopic (exact) mass is 377 g/mol. The third-order valence-corrected chi connectivity index (χ3v) is 3.91. The van der Waals surface area contributed by atoms with Crippen LogP contribution in [0.3, 0.4) is 0 Å². The summed E-state index contributed by atoms with van der Waals surface area (Å²) in [6.45, 7) is 0.552. The van der Waals surface area contributed by atoms with Gasteiger partial charge in [-0.25, -0.2) is 4.39 Å². The van der Waals surface area contributed by atoms with Crippen LogP contribution in [0.4, 0.5) is 13.2 Å². The summed E-state index contributed by atoms with van der Waals surface area (Å²) in [4.78, 5) is 6.27. The van der Waals surface area contributed by atoms with Gasteiger partial charge in [0.1, 0.15) is 11.6 Å². The van der Waals surface area contributed by atoms with Gasteiger partial charge in [0.05, 0.1) is 12.1 Å². The molecule has 0 atom stereocenters. The maximum absolute atomic E-state index is 13.3. The van der Waals surface area contributed by atoms with Gasteiger partial charge in [0.15, 0.2) is 0 Å². The Morgan fingerprint density at radius 3 is 2.67 bits per heavy atom. The summed E-state index contributed by atoms with van der Waals surface area (Å²) in [7, 11) is 0. The minimum atomic E-state index is -2.95. The minimum absolute atomic E-state index is 0.0213. The molecule has 0 radical (unpaired) electrons. The van der Waals surface area contributed by atoms with Crippen LogP contribution >= 0.6 is 0 Å². The van der Waals surface area contributed by atoms with Crippen molar-refractivity contribution in [2.75, 3.05) is 6.54 Å². The summed E-state index contributed by atoms with van der Waals surface area (Å²) in [6.07, 6.45) is 0. The fraction of sp³-hybridized carbons (Fsp3) is 0.263. The second-order valence-corrected chi connectivity index (χ2v) is 5.82. The first kappa shape index (κ1) is 18.9. The van der Waals surface area contributed by atoms with Crippen molar-refractivity contribution in [3.8, 4) is 17.1 Å². The lowest BCUT2D eigenvalue weighted by molar-refractivity contribution is -0.0494. The van der Waals surface area contributed by atoms with Gasteiger partial charge in [-0.1, -0.05) is 36.3 Å². The molecule has 0 saturated carbocycles. The van der Waals surface area contributed by atoms with Crippen LogP contribution in [-0.4, -0.2) is 28.2 Å². The number of alkyl halides is 2. The van der Waals surface area contributed by atoms with Crippen LogP contribution in [0.2, 0.25) is 0 Å². The first-order valence-corrected chi connectivity index (χ1v) is 8.38. The van der Waals surface area contributed by atoms with Gasteiger partial charge in [-0.15, -0.1) is 0 Å². The van der Waals surface area contributed by atoms with Gasteiger partial charge >= 0.3 is 6.61 Å². The molecular formula is C19H18F3N3O2. The zero-order chi connectivity index (χ0) is 19.2. The molecule has 0 aliphatic rings. The summed E-state index contributed by atoms with van der Waals surface area (Å²) < 4.78 is 48.2. The number of rotatable bonds is 8. The van der Waals surface area contributed by atoms with Crippen LogP contribution < -0.4 is 4.74 Å². The third kappa shape index (κ3) is 5.07. The summed E-state index contributed by atoms with van der Waals surface area (Å²) in [5.41, 5.74) is 1.15. The van der Waals surface area contributed by atoms with Crippen molar-refractivity contribution in [3.63, 3.8) is 0 Å². The van der Waals surface area contributed by atoms with Gasteiger partial charge in [0, 0.05) is 6.54 Å². The van der Waals surface area contributed by atoms with Crippen molar-refractivity contribution in [1.82, 2.24) is 15.0 Å². The molecule has 1 aromatic heterocycles. The molecule has 0 saturated heterocycles. The van der Waals surface area contributed by atoms with Crippen LogP contribution in [0.15, 0.2) is 53.1 Å². The first-order chi connectivity index (χ1) is 13.0. The maximum atomic E-state index is 13.3.